The summed E-state index contributed by atoms with van der Waals surface area (Å²) < 4.78 is 19.8. The van der Waals surface area contributed by atoms with Gasteiger partial charge in [-0.15, -0.1) is 0 Å². The summed E-state index contributed by atoms with van der Waals surface area (Å²) in [5.41, 5.74) is 0.516. The van der Waals surface area contributed by atoms with Crippen LogP contribution in [0.3, 0.4) is 0 Å². The van der Waals surface area contributed by atoms with Gasteiger partial charge in [0.25, 0.3) is 0 Å². The second-order valence-electron chi connectivity index (χ2n) is 3.62. The molecule has 0 spiro atoms. The first kappa shape index (κ1) is 12.3. The van der Waals surface area contributed by atoms with Gasteiger partial charge < -0.3 is 9.84 Å². The minimum Gasteiger partial charge on any atom is -0.476 e. The number of carboxylic acid groups (broad SMARTS) is 1. The maximum Gasteiger partial charge on any atom is 0.356 e. The Balaban J connectivity index is 2.55. The van der Waals surface area contributed by atoms with E-state index in [9.17, 15) is 9.18 Å². The predicted molar refractivity (Wildman–Crippen MR) is 61.2 cm³/mol. The Morgan fingerprint density at radius 2 is 2.22 bits per heavy atom. The van der Waals surface area contributed by atoms with Crippen molar-refractivity contribution >= 4 is 5.97 Å². The second kappa shape index (κ2) is 4.97. The van der Waals surface area contributed by atoms with Crippen molar-refractivity contribution in [3.05, 3.63) is 47.5 Å². The zero-order valence-electron chi connectivity index (χ0n) is 9.63. The molecule has 0 aliphatic carbocycles. The van der Waals surface area contributed by atoms with Crippen molar-refractivity contribution in [2.24, 2.45) is 0 Å². The Bertz CT molecular complexity index is 580. The van der Waals surface area contributed by atoms with Crippen molar-refractivity contribution in [1.29, 1.82) is 0 Å². The smallest absolute Gasteiger partial charge is 0.356 e. The average Bonchev–Trinajstić information content (AvgIpc) is 2.74. The lowest BCUT2D eigenvalue weighted by Gasteiger charge is -2.07. The van der Waals surface area contributed by atoms with Gasteiger partial charge in [0.2, 0.25) is 0 Å². The number of para-hydroxylation sites is 1. The van der Waals surface area contributed by atoms with Crippen LogP contribution in [0.1, 0.15) is 16.2 Å². The SMILES string of the molecule is COCc1cc(C(=O)O)nn1-c1ccccc1F. The number of methoxy groups -OCH3 is 1. The van der Waals surface area contributed by atoms with Crippen LogP contribution >= 0.6 is 0 Å². The number of hydrogen-bond donors (Lipinski definition) is 1. The van der Waals surface area contributed by atoms with E-state index in [0.717, 1.165) is 0 Å². The highest BCUT2D eigenvalue weighted by molar-refractivity contribution is 5.85. The van der Waals surface area contributed by atoms with Crippen molar-refractivity contribution < 1.29 is 19.0 Å². The Morgan fingerprint density at radius 3 is 2.83 bits per heavy atom. The summed E-state index contributed by atoms with van der Waals surface area (Å²) in [6.45, 7) is 0.147. The number of halogens is 1. The van der Waals surface area contributed by atoms with E-state index in [2.05, 4.69) is 5.10 Å². The van der Waals surface area contributed by atoms with E-state index >= 15 is 0 Å². The van der Waals surface area contributed by atoms with Gasteiger partial charge in [0.05, 0.1) is 12.3 Å². The molecule has 1 aromatic carbocycles. The number of carboxylic acids is 1. The van der Waals surface area contributed by atoms with Gasteiger partial charge in [-0.3, -0.25) is 0 Å². The molecular formula is C12H11FN2O3. The maximum atomic E-state index is 13.7. The fourth-order valence-electron chi connectivity index (χ4n) is 1.61. The minimum absolute atomic E-state index is 0.147. The lowest BCUT2D eigenvalue weighted by Crippen LogP contribution is -2.06. The molecule has 18 heavy (non-hydrogen) atoms. The van der Waals surface area contributed by atoms with Gasteiger partial charge in [-0.1, -0.05) is 12.1 Å². The van der Waals surface area contributed by atoms with Crippen molar-refractivity contribution in [1.82, 2.24) is 9.78 Å². The van der Waals surface area contributed by atoms with E-state index in [0.29, 0.717) is 5.69 Å². The van der Waals surface area contributed by atoms with Gasteiger partial charge in [-0.2, -0.15) is 5.10 Å². The molecule has 2 rings (SSSR count). The van der Waals surface area contributed by atoms with Crippen LogP contribution in [0.25, 0.3) is 5.69 Å². The fourth-order valence-corrected chi connectivity index (χ4v) is 1.61. The van der Waals surface area contributed by atoms with E-state index in [1.165, 1.54) is 30.0 Å². The third kappa shape index (κ3) is 2.23. The van der Waals surface area contributed by atoms with Crippen molar-refractivity contribution in [2.75, 3.05) is 7.11 Å². The molecule has 0 fully saturated rings. The van der Waals surface area contributed by atoms with Crippen LogP contribution in [0, 0.1) is 5.82 Å². The molecule has 0 aliphatic rings. The summed E-state index contributed by atoms with van der Waals surface area (Å²) in [5, 5.41) is 12.8. The molecule has 0 bridgehead atoms. The lowest BCUT2D eigenvalue weighted by molar-refractivity contribution is 0.0690. The largest absolute Gasteiger partial charge is 0.476 e. The van der Waals surface area contributed by atoms with E-state index in [1.54, 1.807) is 12.1 Å². The number of ether oxygens (including phenoxy) is 1. The van der Waals surface area contributed by atoms with Gasteiger partial charge >= 0.3 is 5.97 Å². The zero-order valence-corrected chi connectivity index (χ0v) is 9.63. The van der Waals surface area contributed by atoms with E-state index < -0.39 is 11.8 Å². The first-order valence-corrected chi connectivity index (χ1v) is 5.19. The van der Waals surface area contributed by atoms with Crippen LogP contribution in [0.2, 0.25) is 0 Å². The summed E-state index contributed by atoms with van der Waals surface area (Å²) in [4.78, 5) is 10.9. The van der Waals surface area contributed by atoms with Crippen molar-refractivity contribution in [3.63, 3.8) is 0 Å². The molecule has 1 aromatic heterocycles. The summed E-state index contributed by atoms with van der Waals surface area (Å²) >= 11 is 0. The summed E-state index contributed by atoms with van der Waals surface area (Å²) in [6.07, 6.45) is 0. The Hall–Kier alpha value is -2.21. The van der Waals surface area contributed by atoms with E-state index in [1.807, 2.05) is 0 Å². The summed E-state index contributed by atoms with van der Waals surface area (Å²) in [6, 6.07) is 7.37. The van der Waals surface area contributed by atoms with Crippen molar-refractivity contribution in [2.45, 2.75) is 6.61 Å². The Kier molecular flexibility index (Phi) is 3.38. The molecule has 0 radical (unpaired) electrons. The molecule has 0 saturated heterocycles. The molecule has 0 unspecified atom stereocenters. The first-order valence-electron chi connectivity index (χ1n) is 5.19. The molecule has 0 amide bonds. The lowest BCUT2D eigenvalue weighted by atomic mass is 10.3. The third-order valence-corrected chi connectivity index (χ3v) is 2.38. The molecule has 2 aromatic rings. The topological polar surface area (TPSA) is 64.3 Å². The molecule has 0 aliphatic heterocycles. The van der Waals surface area contributed by atoms with Crippen LogP contribution in [-0.2, 0) is 11.3 Å². The number of hydrogen-bond acceptors (Lipinski definition) is 3. The molecule has 0 atom stereocenters. The third-order valence-electron chi connectivity index (χ3n) is 2.38. The van der Waals surface area contributed by atoms with Crippen LogP contribution in [-0.4, -0.2) is 28.0 Å². The van der Waals surface area contributed by atoms with E-state index in [-0.39, 0.29) is 18.0 Å². The number of aromatic carboxylic acids is 1. The summed E-state index contributed by atoms with van der Waals surface area (Å²) in [5.74, 6) is -1.64. The second-order valence-corrected chi connectivity index (χ2v) is 3.62. The molecule has 5 nitrogen and oxygen atoms in total. The van der Waals surface area contributed by atoms with Gasteiger partial charge in [0, 0.05) is 7.11 Å². The number of carbonyl (C=O) groups is 1. The van der Waals surface area contributed by atoms with Gasteiger partial charge in [0.15, 0.2) is 5.69 Å². The average molecular weight is 250 g/mol. The highest BCUT2D eigenvalue weighted by atomic mass is 19.1. The monoisotopic (exact) mass is 250 g/mol. The standard InChI is InChI=1S/C12H11FN2O3/c1-18-7-8-6-10(12(16)17)14-15(8)11-5-3-2-4-9(11)13/h2-6H,7H2,1H3,(H,16,17). The normalized spacial score (nSPS) is 10.6. The number of nitrogens with zero attached hydrogens (tertiary/aromatic N) is 2. The fraction of sp³-hybridized carbons (Fsp3) is 0.167. The molecule has 6 heteroatoms. The van der Waals surface area contributed by atoms with Crippen molar-refractivity contribution in [3.8, 4) is 5.69 Å². The van der Waals surface area contributed by atoms with Gasteiger partial charge in [0.1, 0.15) is 11.5 Å². The first-order chi connectivity index (χ1) is 8.63. The Morgan fingerprint density at radius 1 is 1.50 bits per heavy atom. The molecule has 0 saturated carbocycles. The highest BCUT2D eigenvalue weighted by Gasteiger charge is 2.16. The molecule has 1 heterocycles. The van der Waals surface area contributed by atoms with Crippen LogP contribution in [0.5, 0.6) is 0 Å². The van der Waals surface area contributed by atoms with E-state index in [4.69, 9.17) is 9.84 Å². The zero-order chi connectivity index (χ0) is 13.1. The Labute approximate surface area is 102 Å². The van der Waals surface area contributed by atoms with Crippen LogP contribution in [0.15, 0.2) is 30.3 Å². The highest BCUT2D eigenvalue weighted by Crippen LogP contribution is 2.16. The van der Waals surface area contributed by atoms with Gasteiger partial charge in [-0.25, -0.2) is 13.9 Å². The predicted octanol–water partition coefficient (Wildman–Crippen LogP) is 1.86. The van der Waals surface area contributed by atoms with Crippen LogP contribution in [0.4, 0.5) is 4.39 Å². The number of rotatable bonds is 4. The molecular weight excluding hydrogens is 239 g/mol. The molecule has 1 N–H and O–H groups in total. The quantitative estimate of drug-likeness (QED) is 0.899. The number of aromatic nitrogens is 2. The van der Waals surface area contributed by atoms with Gasteiger partial charge in [-0.05, 0) is 18.2 Å². The molecule has 94 valence electrons. The van der Waals surface area contributed by atoms with Crippen LogP contribution < -0.4 is 0 Å². The summed E-state index contributed by atoms with van der Waals surface area (Å²) in [7, 11) is 1.47. The number of benzene rings is 1. The maximum absolute atomic E-state index is 13.7. The minimum atomic E-state index is -1.16.